The Morgan fingerprint density at radius 3 is 2.62 bits per heavy atom. The maximum atomic E-state index is 12.9. The summed E-state index contributed by atoms with van der Waals surface area (Å²) in [5.74, 6) is -0.316. The van der Waals surface area contributed by atoms with Crippen molar-refractivity contribution in [2.75, 3.05) is 6.54 Å². The highest BCUT2D eigenvalue weighted by molar-refractivity contribution is 9.10. The average molecular weight is 290 g/mol. The maximum absolute atomic E-state index is 12.9. The molecule has 2 N–H and O–H groups in total. The van der Waals surface area contributed by atoms with Gasteiger partial charge in [0.25, 0.3) is 0 Å². The van der Waals surface area contributed by atoms with E-state index in [0.717, 1.165) is 0 Å². The molecule has 0 fully saturated rings. The van der Waals surface area contributed by atoms with Crippen LogP contribution in [0.5, 0.6) is 0 Å². The van der Waals surface area contributed by atoms with Crippen LogP contribution in [-0.2, 0) is 5.60 Å². The number of benzene rings is 1. The molecule has 1 atom stereocenters. The molecular weight excluding hydrogens is 273 g/mol. The molecule has 0 aromatic heterocycles. The maximum Gasteiger partial charge on any atom is 0.124 e. The Morgan fingerprint density at radius 2 is 2.12 bits per heavy atom. The summed E-state index contributed by atoms with van der Waals surface area (Å²) in [4.78, 5) is 0. The van der Waals surface area contributed by atoms with Crippen LogP contribution in [-0.4, -0.2) is 17.7 Å². The van der Waals surface area contributed by atoms with Crippen LogP contribution in [0.3, 0.4) is 0 Å². The van der Waals surface area contributed by atoms with Gasteiger partial charge in [-0.1, -0.05) is 35.8 Å². The topological polar surface area (TPSA) is 32.3 Å². The monoisotopic (exact) mass is 289 g/mol. The number of nitrogens with one attached hydrogen (secondary N) is 1. The summed E-state index contributed by atoms with van der Waals surface area (Å²) in [6.45, 7) is 6.15. The van der Waals surface area contributed by atoms with Crippen molar-refractivity contribution in [3.8, 4) is 0 Å². The van der Waals surface area contributed by atoms with E-state index >= 15 is 0 Å². The molecule has 0 aliphatic heterocycles. The van der Waals surface area contributed by atoms with Gasteiger partial charge in [-0.25, -0.2) is 4.39 Å². The summed E-state index contributed by atoms with van der Waals surface area (Å²) in [7, 11) is 0. The van der Waals surface area contributed by atoms with Gasteiger partial charge < -0.3 is 10.4 Å². The van der Waals surface area contributed by atoms with Crippen LogP contribution in [0.4, 0.5) is 4.39 Å². The molecule has 1 aromatic rings. The second-order valence-corrected chi connectivity index (χ2v) is 5.29. The first kappa shape index (κ1) is 13.6. The van der Waals surface area contributed by atoms with Gasteiger partial charge >= 0.3 is 0 Å². The molecule has 0 saturated carbocycles. The van der Waals surface area contributed by atoms with Crippen molar-refractivity contribution in [2.45, 2.75) is 32.4 Å². The van der Waals surface area contributed by atoms with E-state index in [1.807, 2.05) is 13.8 Å². The Morgan fingerprint density at radius 1 is 1.50 bits per heavy atom. The molecule has 1 rings (SSSR count). The van der Waals surface area contributed by atoms with Gasteiger partial charge in [0.15, 0.2) is 0 Å². The van der Waals surface area contributed by atoms with Crippen LogP contribution >= 0.6 is 15.9 Å². The van der Waals surface area contributed by atoms with E-state index in [9.17, 15) is 9.50 Å². The van der Waals surface area contributed by atoms with Crippen LogP contribution in [0, 0.1) is 5.82 Å². The molecule has 90 valence electrons. The normalized spacial score (nSPS) is 15.2. The first-order valence-corrected chi connectivity index (χ1v) is 6.03. The zero-order valence-electron chi connectivity index (χ0n) is 9.72. The molecule has 0 heterocycles. The van der Waals surface area contributed by atoms with E-state index in [1.54, 1.807) is 13.0 Å². The van der Waals surface area contributed by atoms with Crippen LogP contribution < -0.4 is 5.32 Å². The van der Waals surface area contributed by atoms with Crippen LogP contribution in [0.2, 0.25) is 0 Å². The predicted molar refractivity (Wildman–Crippen MR) is 66.8 cm³/mol. The van der Waals surface area contributed by atoms with E-state index in [4.69, 9.17) is 0 Å². The van der Waals surface area contributed by atoms with Crippen molar-refractivity contribution in [1.29, 1.82) is 0 Å². The SMILES string of the molecule is CC(C)NCC(C)(O)c1ccc(F)cc1Br. The Balaban J connectivity index is 2.88. The van der Waals surface area contributed by atoms with Crippen LogP contribution in [0.1, 0.15) is 26.3 Å². The van der Waals surface area contributed by atoms with Crippen molar-refractivity contribution < 1.29 is 9.50 Å². The fourth-order valence-electron chi connectivity index (χ4n) is 1.42. The smallest absolute Gasteiger partial charge is 0.124 e. The number of halogens is 2. The second kappa shape index (κ2) is 5.25. The Bertz CT molecular complexity index is 366. The van der Waals surface area contributed by atoms with Crippen molar-refractivity contribution in [3.63, 3.8) is 0 Å². The minimum atomic E-state index is -1.02. The summed E-state index contributed by atoms with van der Waals surface area (Å²) < 4.78 is 13.5. The molecule has 2 nitrogen and oxygen atoms in total. The highest BCUT2D eigenvalue weighted by Crippen LogP contribution is 2.28. The summed E-state index contributed by atoms with van der Waals surface area (Å²) in [5.41, 5.74) is -0.335. The summed E-state index contributed by atoms with van der Waals surface area (Å²) in [5, 5.41) is 13.5. The molecule has 0 aliphatic rings. The lowest BCUT2D eigenvalue weighted by atomic mass is 9.96. The van der Waals surface area contributed by atoms with Gasteiger partial charge in [-0.2, -0.15) is 0 Å². The third kappa shape index (κ3) is 3.54. The minimum absolute atomic E-state index is 0.297. The first-order valence-electron chi connectivity index (χ1n) is 5.24. The molecule has 1 aromatic carbocycles. The highest BCUT2D eigenvalue weighted by atomic mass is 79.9. The van der Waals surface area contributed by atoms with E-state index in [0.29, 0.717) is 22.6 Å². The van der Waals surface area contributed by atoms with E-state index in [2.05, 4.69) is 21.2 Å². The quantitative estimate of drug-likeness (QED) is 0.893. The van der Waals surface area contributed by atoms with Gasteiger partial charge in [0.2, 0.25) is 0 Å². The number of hydrogen-bond acceptors (Lipinski definition) is 2. The van der Waals surface area contributed by atoms with Crippen LogP contribution in [0.25, 0.3) is 0 Å². The van der Waals surface area contributed by atoms with Crippen molar-refractivity contribution in [2.24, 2.45) is 0 Å². The molecular formula is C12H17BrFNO. The molecule has 0 aliphatic carbocycles. The second-order valence-electron chi connectivity index (χ2n) is 4.43. The Labute approximate surface area is 104 Å². The van der Waals surface area contributed by atoms with Gasteiger partial charge in [0.1, 0.15) is 11.4 Å². The molecule has 0 spiro atoms. The standard InChI is InChI=1S/C12H17BrFNO/c1-8(2)15-7-12(3,16)10-5-4-9(14)6-11(10)13/h4-6,8,15-16H,7H2,1-3H3. The zero-order chi connectivity index (χ0) is 12.3. The predicted octanol–water partition coefficient (Wildman–Crippen LogP) is 2.79. The molecule has 0 radical (unpaired) electrons. The molecule has 0 saturated heterocycles. The fraction of sp³-hybridized carbons (Fsp3) is 0.500. The largest absolute Gasteiger partial charge is 0.384 e. The van der Waals surface area contributed by atoms with Crippen molar-refractivity contribution in [1.82, 2.24) is 5.32 Å². The molecule has 4 heteroatoms. The number of aliphatic hydroxyl groups is 1. The lowest BCUT2D eigenvalue weighted by Gasteiger charge is -2.26. The average Bonchev–Trinajstić information content (AvgIpc) is 2.14. The molecule has 16 heavy (non-hydrogen) atoms. The van der Waals surface area contributed by atoms with Crippen molar-refractivity contribution in [3.05, 3.63) is 34.1 Å². The number of rotatable bonds is 4. The summed E-state index contributed by atoms with van der Waals surface area (Å²) in [6, 6.07) is 4.61. The van der Waals surface area contributed by atoms with Crippen molar-refractivity contribution >= 4 is 15.9 Å². The van der Waals surface area contributed by atoms with Gasteiger partial charge in [0.05, 0.1) is 0 Å². The summed E-state index contributed by atoms with van der Waals surface area (Å²) in [6.07, 6.45) is 0. The Hall–Kier alpha value is -0.450. The highest BCUT2D eigenvalue weighted by Gasteiger charge is 2.25. The van der Waals surface area contributed by atoms with E-state index in [1.165, 1.54) is 12.1 Å². The lowest BCUT2D eigenvalue weighted by Crippen LogP contribution is -2.38. The molecule has 0 amide bonds. The summed E-state index contributed by atoms with van der Waals surface area (Å²) >= 11 is 3.26. The zero-order valence-corrected chi connectivity index (χ0v) is 11.3. The molecule has 0 bridgehead atoms. The third-order valence-electron chi connectivity index (χ3n) is 2.37. The fourth-order valence-corrected chi connectivity index (χ4v) is 2.20. The lowest BCUT2D eigenvalue weighted by molar-refractivity contribution is 0.0541. The van der Waals surface area contributed by atoms with Gasteiger partial charge in [-0.3, -0.25) is 0 Å². The minimum Gasteiger partial charge on any atom is -0.384 e. The molecule has 1 unspecified atom stereocenters. The third-order valence-corrected chi connectivity index (χ3v) is 3.02. The van der Waals surface area contributed by atoms with Crippen LogP contribution in [0.15, 0.2) is 22.7 Å². The van der Waals surface area contributed by atoms with E-state index in [-0.39, 0.29) is 5.82 Å². The van der Waals surface area contributed by atoms with Gasteiger partial charge in [-0.15, -0.1) is 0 Å². The Kier molecular flexibility index (Phi) is 4.47. The van der Waals surface area contributed by atoms with E-state index < -0.39 is 5.60 Å². The first-order chi connectivity index (χ1) is 7.33. The van der Waals surface area contributed by atoms with Gasteiger partial charge in [-0.05, 0) is 24.6 Å². The number of hydrogen-bond donors (Lipinski definition) is 2. The van der Waals surface area contributed by atoms with Gasteiger partial charge in [0, 0.05) is 17.1 Å².